The second-order valence-electron chi connectivity index (χ2n) is 11.8. The third-order valence-electron chi connectivity index (χ3n) is 8.74. The minimum absolute atomic E-state index is 0.241. The summed E-state index contributed by atoms with van der Waals surface area (Å²) < 4.78 is 20.3. The summed E-state index contributed by atoms with van der Waals surface area (Å²) >= 11 is 0. The van der Waals surface area contributed by atoms with E-state index in [4.69, 9.17) is 4.98 Å². The third kappa shape index (κ3) is 4.70. The summed E-state index contributed by atoms with van der Waals surface area (Å²) in [6.07, 6.45) is 8.07. The molecule has 42 heavy (non-hydrogen) atoms. The van der Waals surface area contributed by atoms with Gasteiger partial charge >= 0.3 is 0 Å². The Morgan fingerprint density at radius 1 is 1.12 bits per heavy atom. The van der Waals surface area contributed by atoms with E-state index in [1.54, 1.807) is 11.6 Å². The number of nitrogens with zero attached hydrogens (tertiary/aromatic N) is 6. The number of benzene rings is 2. The van der Waals surface area contributed by atoms with Gasteiger partial charge in [-0.2, -0.15) is 4.98 Å². The van der Waals surface area contributed by atoms with Crippen molar-refractivity contribution in [2.75, 3.05) is 25.5 Å². The molecule has 5 aromatic rings. The summed E-state index contributed by atoms with van der Waals surface area (Å²) in [4.78, 5) is 25.0. The van der Waals surface area contributed by atoms with Crippen LogP contribution < -0.4 is 10.9 Å². The van der Waals surface area contributed by atoms with Gasteiger partial charge in [0.1, 0.15) is 11.2 Å². The van der Waals surface area contributed by atoms with Gasteiger partial charge < -0.3 is 19.9 Å². The number of halogens is 1. The normalized spacial score (nSPS) is 21.6. The molecule has 2 N–H and O–H groups in total. The van der Waals surface area contributed by atoms with Crippen molar-refractivity contribution in [1.82, 2.24) is 28.8 Å². The van der Waals surface area contributed by atoms with Crippen LogP contribution in [0.1, 0.15) is 44.2 Å². The molecule has 1 saturated heterocycles. The Morgan fingerprint density at radius 2 is 1.95 bits per heavy atom. The topological polar surface area (TPSA) is 93.1 Å². The third-order valence-corrected chi connectivity index (χ3v) is 8.74. The molecule has 7 rings (SSSR count). The Kier molecular flexibility index (Phi) is 6.47. The highest BCUT2D eigenvalue weighted by Gasteiger charge is 2.26. The molecule has 2 aliphatic heterocycles. The molecule has 2 aromatic carbocycles. The molecule has 0 unspecified atom stereocenters. The van der Waals surface area contributed by atoms with Crippen LogP contribution in [0.15, 0.2) is 77.6 Å². The minimum atomic E-state index is -1.15. The van der Waals surface area contributed by atoms with Crippen molar-refractivity contribution in [2.24, 2.45) is 0 Å². The van der Waals surface area contributed by atoms with E-state index < -0.39 is 11.4 Å². The Morgan fingerprint density at radius 3 is 2.79 bits per heavy atom. The standard InChI is InChI=1S/C32H34FN7O2/c1-32(42)13-4-6-23(33)20-39-30(41)27-19-34-31(36-29(27)40(39)26-7-3-5-22(32)18-26)35-24-8-9-28-21(17-24)10-16-38(28)25-11-14-37(2)15-12-25/h3,5-10,16-19,25,42H,4,11-15,20H2,1-2H3,(H,34,35,36)/b23-6+/t32-/m1/s1. The summed E-state index contributed by atoms with van der Waals surface area (Å²) in [5.74, 6) is -0.121. The zero-order valence-electron chi connectivity index (χ0n) is 23.8. The fourth-order valence-electron chi connectivity index (χ4n) is 6.29. The number of likely N-dealkylation sites (tertiary alicyclic amines) is 1. The van der Waals surface area contributed by atoms with Crippen molar-refractivity contribution in [3.63, 3.8) is 0 Å². The van der Waals surface area contributed by atoms with Crippen LogP contribution in [0.2, 0.25) is 0 Å². The van der Waals surface area contributed by atoms with Gasteiger partial charge in [-0.05, 0) is 94.7 Å². The highest BCUT2D eigenvalue weighted by molar-refractivity contribution is 5.85. The van der Waals surface area contributed by atoms with Crippen LogP contribution in [0.3, 0.4) is 0 Å². The molecule has 10 heteroatoms. The average Bonchev–Trinajstić information content (AvgIpc) is 3.51. The van der Waals surface area contributed by atoms with Crippen molar-refractivity contribution in [3.8, 4) is 5.69 Å². The molecule has 2 bridgehead atoms. The molecule has 1 fully saturated rings. The number of fused-ring (bicyclic) bond motifs is 7. The Labute approximate surface area is 242 Å². The van der Waals surface area contributed by atoms with E-state index in [0.29, 0.717) is 41.7 Å². The minimum Gasteiger partial charge on any atom is -0.385 e. The molecule has 0 aliphatic carbocycles. The second-order valence-corrected chi connectivity index (χ2v) is 11.8. The molecule has 0 amide bonds. The summed E-state index contributed by atoms with van der Waals surface area (Å²) in [5.41, 5.74) is 2.14. The fourth-order valence-corrected chi connectivity index (χ4v) is 6.29. The molecular weight excluding hydrogens is 533 g/mol. The molecular formula is C32H34FN7O2. The van der Waals surface area contributed by atoms with Crippen LogP contribution in [0.5, 0.6) is 0 Å². The van der Waals surface area contributed by atoms with Gasteiger partial charge in [0.2, 0.25) is 5.95 Å². The lowest BCUT2D eigenvalue weighted by Crippen LogP contribution is -2.31. The Hall–Kier alpha value is -4.28. The predicted octanol–water partition coefficient (Wildman–Crippen LogP) is 5.40. The van der Waals surface area contributed by atoms with Gasteiger partial charge in [0.15, 0.2) is 5.65 Å². The van der Waals surface area contributed by atoms with Gasteiger partial charge in [0.25, 0.3) is 5.56 Å². The van der Waals surface area contributed by atoms with Crippen molar-refractivity contribution in [3.05, 3.63) is 88.7 Å². The number of allylic oxidation sites excluding steroid dienone is 2. The summed E-state index contributed by atoms with van der Waals surface area (Å²) in [6, 6.07) is 16.2. The van der Waals surface area contributed by atoms with Crippen LogP contribution in [0.4, 0.5) is 16.0 Å². The first-order chi connectivity index (χ1) is 20.3. The molecule has 0 spiro atoms. The number of aliphatic hydroxyl groups is 1. The summed E-state index contributed by atoms with van der Waals surface area (Å²) in [6.45, 7) is 3.68. The first-order valence-electron chi connectivity index (χ1n) is 14.5. The first-order valence-corrected chi connectivity index (χ1v) is 14.5. The number of hydrogen-bond donors (Lipinski definition) is 2. The van der Waals surface area contributed by atoms with Crippen molar-refractivity contribution < 1.29 is 9.50 Å². The van der Waals surface area contributed by atoms with Crippen molar-refractivity contribution in [2.45, 2.75) is 50.8 Å². The van der Waals surface area contributed by atoms with Gasteiger partial charge in [-0.1, -0.05) is 18.2 Å². The van der Waals surface area contributed by atoms with Crippen molar-refractivity contribution in [1.29, 1.82) is 0 Å². The highest BCUT2D eigenvalue weighted by atomic mass is 19.1. The van der Waals surface area contributed by atoms with E-state index in [0.717, 1.165) is 37.0 Å². The quantitative estimate of drug-likeness (QED) is 0.303. The Bertz CT molecular complexity index is 1890. The second kappa shape index (κ2) is 10.2. The number of anilines is 2. The van der Waals surface area contributed by atoms with E-state index in [1.807, 2.05) is 30.3 Å². The molecule has 0 radical (unpaired) electrons. The summed E-state index contributed by atoms with van der Waals surface area (Å²) in [5, 5.41) is 15.8. The zero-order chi connectivity index (χ0) is 29.0. The van der Waals surface area contributed by atoms with E-state index >= 15 is 0 Å². The first kappa shape index (κ1) is 26.6. The van der Waals surface area contributed by atoms with Crippen molar-refractivity contribution >= 4 is 33.6 Å². The zero-order valence-corrected chi connectivity index (χ0v) is 23.8. The van der Waals surface area contributed by atoms with Crippen LogP contribution >= 0.6 is 0 Å². The molecule has 9 nitrogen and oxygen atoms in total. The molecule has 5 heterocycles. The molecule has 1 atom stereocenters. The van der Waals surface area contributed by atoms with Crippen LogP contribution in [-0.4, -0.2) is 54.0 Å². The molecule has 2 aliphatic rings. The van der Waals surface area contributed by atoms with E-state index in [9.17, 15) is 14.3 Å². The lowest BCUT2D eigenvalue weighted by Gasteiger charge is -2.30. The lowest BCUT2D eigenvalue weighted by molar-refractivity contribution is 0.0487. The van der Waals surface area contributed by atoms with Gasteiger partial charge in [-0.25, -0.2) is 18.7 Å². The van der Waals surface area contributed by atoms with E-state index in [1.165, 1.54) is 22.5 Å². The predicted molar refractivity (Wildman–Crippen MR) is 162 cm³/mol. The number of rotatable bonds is 3. The highest BCUT2D eigenvalue weighted by Crippen LogP contribution is 2.31. The van der Waals surface area contributed by atoms with Gasteiger partial charge in [0.05, 0.1) is 17.8 Å². The lowest BCUT2D eigenvalue weighted by atomic mass is 9.91. The smallest absolute Gasteiger partial charge is 0.278 e. The largest absolute Gasteiger partial charge is 0.385 e. The van der Waals surface area contributed by atoms with Crippen LogP contribution in [0, 0.1) is 0 Å². The number of nitrogens with one attached hydrogen (secondary N) is 1. The number of aromatic nitrogens is 5. The molecule has 3 aromatic heterocycles. The van der Waals surface area contributed by atoms with Gasteiger partial charge in [0, 0.05) is 35.0 Å². The van der Waals surface area contributed by atoms with Gasteiger partial charge in [-0.3, -0.25) is 4.79 Å². The van der Waals surface area contributed by atoms with Gasteiger partial charge in [-0.15, -0.1) is 0 Å². The number of hydrogen-bond acceptors (Lipinski definition) is 6. The van der Waals surface area contributed by atoms with E-state index in [2.05, 4.69) is 51.2 Å². The van der Waals surface area contributed by atoms with Crippen LogP contribution in [0.25, 0.3) is 27.6 Å². The SMILES string of the molecule is CN1CCC(n2ccc3cc(Nc4ncc5c(=O)n6n(c5n4)-c4cccc(c4)[C@](C)(O)CC/C=C(/F)C6)ccc32)CC1. The number of piperidine rings is 1. The Balaban J connectivity index is 1.27. The summed E-state index contributed by atoms with van der Waals surface area (Å²) in [7, 11) is 2.17. The average molecular weight is 568 g/mol. The maximum atomic E-state index is 15.0. The van der Waals surface area contributed by atoms with E-state index in [-0.39, 0.29) is 17.5 Å². The van der Waals surface area contributed by atoms with Crippen LogP contribution in [-0.2, 0) is 12.1 Å². The maximum Gasteiger partial charge on any atom is 0.278 e. The fraction of sp³-hybridized carbons (Fsp3) is 0.344. The molecule has 0 saturated carbocycles. The maximum absolute atomic E-state index is 15.0. The molecule has 216 valence electrons. The monoisotopic (exact) mass is 567 g/mol.